The standard InChI is InChI=1S/C17H12FN7OS/c1-17(26,14-20-4-5-27-14)3-2-10-6-13-12(7-11(10)18)23-9-25(13)16-22-8-21-15(19)24-16/h4-9,26H,1H3,(H2,19,21,22,24). The van der Waals surface area contributed by atoms with Crippen molar-refractivity contribution in [3.8, 4) is 17.8 Å². The van der Waals surface area contributed by atoms with Crippen molar-refractivity contribution < 1.29 is 9.50 Å². The Bertz CT molecular complexity index is 1190. The first kappa shape index (κ1) is 17.0. The molecule has 134 valence electrons. The van der Waals surface area contributed by atoms with Crippen LogP contribution in [0, 0.1) is 17.7 Å². The maximum Gasteiger partial charge on any atom is 0.240 e. The summed E-state index contributed by atoms with van der Waals surface area (Å²) in [6.45, 7) is 1.51. The van der Waals surface area contributed by atoms with E-state index in [9.17, 15) is 9.50 Å². The molecule has 0 fully saturated rings. The first-order valence-corrected chi connectivity index (χ1v) is 8.59. The molecular formula is C17H12FN7OS. The number of halogens is 1. The van der Waals surface area contributed by atoms with Crippen molar-refractivity contribution in [2.24, 2.45) is 0 Å². The lowest BCUT2D eigenvalue weighted by Crippen LogP contribution is -2.18. The van der Waals surface area contributed by atoms with Gasteiger partial charge >= 0.3 is 0 Å². The van der Waals surface area contributed by atoms with Crippen molar-refractivity contribution in [2.45, 2.75) is 12.5 Å². The quantitative estimate of drug-likeness (QED) is 0.507. The van der Waals surface area contributed by atoms with Crippen molar-refractivity contribution in [2.75, 3.05) is 5.73 Å². The summed E-state index contributed by atoms with van der Waals surface area (Å²) in [7, 11) is 0. The maximum absolute atomic E-state index is 14.4. The largest absolute Gasteiger partial charge is 0.371 e. The highest BCUT2D eigenvalue weighted by Gasteiger charge is 2.23. The van der Waals surface area contributed by atoms with Crippen LogP contribution in [0.15, 0.2) is 36.4 Å². The Balaban J connectivity index is 1.80. The number of nitrogens with zero attached hydrogens (tertiary/aromatic N) is 6. The van der Waals surface area contributed by atoms with Gasteiger partial charge in [0.2, 0.25) is 11.9 Å². The summed E-state index contributed by atoms with van der Waals surface area (Å²) in [5.74, 6) is 5.12. The highest BCUT2D eigenvalue weighted by molar-refractivity contribution is 7.09. The number of aliphatic hydroxyl groups is 1. The minimum Gasteiger partial charge on any atom is -0.371 e. The molecule has 1 atom stereocenters. The van der Waals surface area contributed by atoms with Crippen LogP contribution in [-0.4, -0.2) is 34.6 Å². The van der Waals surface area contributed by atoms with Crippen LogP contribution < -0.4 is 5.73 Å². The van der Waals surface area contributed by atoms with Crippen molar-refractivity contribution in [3.63, 3.8) is 0 Å². The number of benzene rings is 1. The third-order valence-corrected chi connectivity index (χ3v) is 4.70. The second kappa shape index (κ2) is 6.39. The fourth-order valence-electron chi connectivity index (χ4n) is 2.41. The molecule has 0 saturated carbocycles. The Morgan fingerprint density at radius 1 is 1.26 bits per heavy atom. The lowest BCUT2D eigenvalue weighted by molar-refractivity contribution is 0.122. The van der Waals surface area contributed by atoms with Gasteiger partial charge in [-0.1, -0.05) is 11.8 Å². The van der Waals surface area contributed by atoms with Crippen molar-refractivity contribution in [1.29, 1.82) is 0 Å². The smallest absolute Gasteiger partial charge is 0.240 e. The van der Waals surface area contributed by atoms with E-state index < -0.39 is 11.4 Å². The van der Waals surface area contributed by atoms with Gasteiger partial charge in [-0.2, -0.15) is 4.98 Å². The second-order valence-corrected chi connectivity index (χ2v) is 6.63. The van der Waals surface area contributed by atoms with Crippen LogP contribution in [0.4, 0.5) is 10.3 Å². The third-order valence-electron chi connectivity index (χ3n) is 3.72. The molecule has 0 aliphatic heterocycles. The molecule has 0 spiro atoms. The molecule has 0 aliphatic carbocycles. The van der Waals surface area contributed by atoms with E-state index in [1.54, 1.807) is 16.1 Å². The highest BCUT2D eigenvalue weighted by atomic mass is 32.1. The molecule has 3 N–H and O–H groups in total. The first-order valence-electron chi connectivity index (χ1n) is 7.71. The number of hydrogen-bond donors (Lipinski definition) is 2. The molecule has 0 amide bonds. The number of aromatic nitrogens is 6. The molecule has 10 heteroatoms. The molecule has 3 aromatic heterocycles. The molecule has 4 rings (SSSR count). The van der Waals surface area contributed by atoms with E-state index in [-0.39, 0.29) is 17.5 Å². The van der Waals surface area contributed by atoms with E-state index in [0.717, 1.165) is 0 Å². The molecule has 0 bridgehead atoms. The molecule has 1 unspecified atom stereocenters. The van der Waals surface area contributed by atoms with Crippen LogP contribution in [0.3, 0.4) is 0 Å². The summed E-state index contributed by atoms with van der Waals surface area (Å²) in [5, 5.41) is 12.6. The Kier molecular flexibility index (Phi) is 4.02. The number of nitrogens with two attached hydrogens (primary N) is 1. The van der Waals surface area contributed by atoms with Gasteiger partial charge in [-0.05, 0) is 13.0 Å². The van der Waals surface area contributed by atoms with Gasteiger partial charge in [0, 0.05) is 17.6 Å². The van der Waals surface area contributed by atoms with Crippen LogP contribution in [0.2, 0.25) is 0 Å². The van der Waals surface area contributed by atoms with E-state index >= 15 is 0 Å². The van der Waals surface area contributed by atoms with E-state index in [0.29, 0.717) is 16.0 Å². The zero-order chi connectivity index (χ0) is 19.0. The maximum atomic E-state index is 14.4. The van der Waals surface area contributed by atoms with Gasteiger partial charge in [-0.25, -0.2) is 24.3 Å². The Morgan fingerprint density at radius 2 is 2.11 bits per heavy atom. The average Bonchev–Trinajstić information content (AvgIpc) is 3.30. The van der Waals surface area contributed by atoms with Crippen LogP contribution in [0.1, 0.15) is 17.5 Å². The first-order chi connectivity index (χ1) is 12.9. The fraction of sp³-hybridized carbons (Fsp3) is 0.118. The molecular weight excluding hydrogens is 369 g/mol. The van der Waals surface area contributed by atoms with Gasteiger partial charge in [0.1, 0.15) is 23.5 Å². The Hall–Kier alpha value is -3.42. The minimum atomic E-state index is -1.49. The molecule has 27 heavy (non-hydrogen) atoms. The van der Waals surface area contributed by atoms with E-state index in [2.05, 4.69) is 36.8 Å². The summed E-state index contributed by atoms with van der Waals surface area (Å²) in [6.07, 6.45) is 4.31. The van der Waals surface area contributed by atoms with Gasteiger partial charge in [-0.15, -0.1) is 11.3 Å². The summed E-state index contributed by atoms with van der Waals surface area (Å²) in [6, 6.07) is 2.78. The zero-order valence-electron chi connectivity index (χ0n) is 14.0. The monoisotopic (exact) mass is 381 g/mol. The predicted octanol–water partition coefficient (Wildman–Crippen LogP) is 1.65. The van der Waals surface area contributed by atoms with Crippen molar-refractivity contribution >= 4 is 28.3 Å². The molecule has 0 saturated heterocycles. The summed E-state index contributed by atoms with van der Waals surface area (Å²) >= 11 is 1.27. The SMILES string of the molecule is CC(O)(C#Cc1cc2c(cc1F)ncn2-c1ncnc(N)n1)c1nccs1. The molecule has 0 radical (unpaired) electrons. The van der Waals surface area contributed by atoms with E-state index in [4.69, 9.17) is 5.73 Å². The summed E-state index contributed by atoms with van der Waals surface area (Å²) < 4.78 is 16.0. The average molecular weight is 381 g/mol. The van der Waals surface area contributed by atoms with Crippen LogP contribution in [0.25, 0.3) is 17.0 Å². The van der Waals surface area contributed by atoms with Gasteiger partial charge in [0.25, 0.3) is 0 Å². The topological polar surface area (TPSA) is 116 Å². The normalized spacial score (nSPS) is 13.1. The molecule has 1 aromatic carbocycles. The molecule has 0 aliphatic rings. The van der Waals surface area contributed by atoms with E-state index in [1.165, 1.54) is 43.0 Å². The second-order valence-electron chi connectivity index (χ2n) is 5.74. The number of fused-ring (bicyclic) bond motifs is 1. The number of hydrogen-bond acceptors (Lipinski definition) is 8. The van der Waals surface area contributed by atoms with Crippen LogP contribution in [-0.2, 0) is 5.60 Å². The van der Waals surface area contributed by atoms with Gasteiger partial charge in [0.15, 0.2) is 5.60 Å². The van der Waals surface area contributed by atoms with Gasteiger partial charge < -0.3 is 10.8 Å². The summed E-state index contributed by atoms with van der Waals surface area (Å²) in [4.78, 5) is 20.0. The minimum absolute atomic E-state index is 0.0588. The molecule has 3 heterocycles. The van der Waals surface area contributed by atoms with E-state index in [1.807, 2.05) is 0 Å². The lowest BCUT2D eigenvalue weighted by atomic mass is 10.1. The van der Waals surface area contributed by atoms with Gasteiger partial charge in [0.05, 0.1) is 16.6 Å². The van der Waals surface area contributed by atoms with Gasteiger partial charge in [-0.3, -0.25) is 4.57 Å². The molecule has 4 aromatic rings. The third kappa shape index (κ3) is 3.21. The number of anilines is 1. The fourth-order valence-corrected chi connectivity index (χ4v) is 3.06. The number of rotatable bonds is 2. The zero-order valence-corrected chi connectivity index (χ0v) is 14.8. The highest BCUT2D eigenvalue weighted by Crippen LogP contribution is 2.23. The van der Waals surface area contributed by atoms with Crippen molar-refractivity contribution in [1.82, 2.24) is 29.5 Å². The number of imidazole rings is 1. The lowest BCUT2D eigenvalue weighted by Gasteiger charge is -2.12. The Morgan fingerprint density at radius 3 is 2.85 bits per heavy atom. The Labute approximate surface area is 156 Å². The number of thiazole rings is 1. The summed E-state index contributed by atoms with van der Waals surface area (Å²) in [5.41, 5.74) is 5.15. The van der Waals surface area contributed by atoms with Crippen LogP contribution >= 0.6 is 11.3 Å². The van der Waals surface area contributed by atoms with Crippen LogP contribution in [0.5, 0.6) is 0 Å². The van der Waals surface area contributed by atoms with Crippen molar-refractivity contribution in [3.05, 3.63) is 52.8 Å². The molecule has 8 nitrogen and oxygen atoms in total. The number of nitrogen functional groups attached to an aromatic ring is 1. The predicted molar refractivity (Wildman–Crippen MR) is 97.4 cm³/mol.